The van der Waals surface area contributed by atoms with Gasteiger partial charge in [-0.1, -0.05) is 48.0 Å². The molecule has 3 aromatic rings. The minimum absolute atomic E-state index is 0.0708. The van der Waals surface area contributed by atoms with Crippen LogP contribution in [0.3, 0.4) is 0 Å². The van der Waals surface area contributed by atoms with Crippen molar-refractivity contribution in [3.63, 3.8) is 0 Å². The van der Waals surface area contributed by atoms with Crippen molar-refractivity contribution in [3.8, 4) is 11.5 Å². The number of para-hydroxylation sites is 1. The number of hydrogen-bond acceptors (Lipinski definition) is 5. The van der Waals surface area contributed by atoms with Gasteiger partial charge in [-0.25, -0.2) is 0 Å². The molecule has 0 bridgehead atoms. The molecule has 2 N–H and O–H groups in total. The Morgan fingerprint density at radius 3 is 2.28 bits per heavy atom. The number of aromatic hydroxyl groups is 1. The van der Waals surface area contributed by atoms with Crippen molar-refractivity contribution in [3.05, 3.63) is 87.9 Å². The third-order valence-corrected chi connectivity index (χ3v) is 4.87. The lowest BCUT2D eigenvalue weighted by Crippen LogP contribution is -2.22. The number of amides is 1. The van der Waals surface area contributed by atoms with Crippen molar-refractivity contribution >= 4 is 34.8 Å². The van der Waals surface area contributed by atoms with Crippen LogP contribution in [0.15, 0.2) is 60.7 Å². The minimum Gasteiger partial charge on any atom is -0.504 e. The first-order chi connectivity index (χ1) is 14.0. The number of carbonyl (C=O) groups excluding carboxylic acids is 3. The number of hydrogen-bond donors (Lipinski definition) is 2. The van der Waals surface area contributed by atoms with Gasteiger partial charge in [0.1, 0.15) is 0 Å². The van der Waals surface area contributed by atoms with E-state index in [1.807, 2.05) is 0 Å². The van der Waals surface area contributed by atoms with Gasteiger partial charge in [0.25, 0.3) is 5.91 Å². The van der Waals surface area contributed by atoms with Crippen LogP contribution in [-0.4, -0.2) is 29.2 Å². The predicted octanol–water partition coefficient (Wildman–Crippen LogP) is 3.84. The second-order valence-electron chi connectivity index (χ2n) is 6.36. The molecule has 4 rings (SSSR count). The summed E-state index contributed by atoms with van der Waals surface area (Å²) in [4.78, 5) is 37.5. The van der Waals surface area contributed by atoms with Crippen LogP contribution in [0.2, 0.25) is 5.02 Å². The van der Waals surface area contributed by atoms with Crippen LogP contribution in [0.4, 0.5) is 5.69 Å². The average Bonchev–Trinajstić information content (AvgIpc) is 2.72. The summed E-state index contributed by atoms with van der Waals surface area (Å²) in [5, 5.41) is 13.5. The topological polar surface area (TPSA) is 92.7 Å². The van der Waals surface area contributed by atoms with Crippen LogP contribution >= 0.6 is 11.6 Å². The molecule has 1 aliphatic rings. The van der Waals surface area contributed by atoms with Crippen molar-refractivity contribution in [2.75, 3.05) is 11.9 Å². The van der Waals surface area contributed by atoms with Gasteiger partial charge >= 0.3 is 0 Å². The van der Waals surface area contributed by atoms with Crippen LogP contribution in [0.25, 0.3) is 0 Å². The Bertz CT molecular complexity index is 1170. The Labute approximate surface area is 170 Å². The van der Waals surface area contributed by atoms with E-state index in [1.165, 1.54) is 18.2 Å². The van der Waals surface area contributed by atoms with Crippen molar-refractivity contribution in [1.82, 2.24) is 0 Å². The third-order valence-electron chi connectivity index (χ3n) is 4.54. The highest BCUT2D eigenvalue weighted by atomic mass is 35.5. The van der Waals surface area contributed by atoms with Crippen LogP contribution < -0.4 is 10.1 Å². The van der Waals surface area contributed by atoms with Crippen molar-refractivity contribution in [1.29, 1.82) is 0 Å². The lowest BCUT2D eigenvalue weighted by molar-refractivity contribution is -0.118. The van der Waals surface area contributed by atoms with Gasteiger partial charge in [0.2, 0.25) is 0 Å². The Morgan fingerprint density at radius 1 is 0.897 bits per heavy atom. The number of fused-ring (bicyclic) bond motifs is 2. The second kappa shape index (κ2) is 7.41. The SMILES string of the molecule is O=C(COc1ccc2c(c1O)C(=O)c1ccccc1C2=O)Nc1ccccc1Cl. The van der Waals surface area contributed by atoms with E-state index in [4.69, 9.17) is 16.3 Å². The molecule has 0 atom stereocenters. The maximum atomic E-state index is 12.8. The summed E-state index contributed by atoms with van der Waals surface area (Å²) in [6.45, 7) is -0.420. The van der Waals surface area contributed by atoms with Gasteiger partial charge in [0.05, 0.1) is 16.3 Å². The number of anilines is 1. The largest absolute Gasteiger partial charge is 0.504 e. The quantitative estimate of drug-likeness (QED) is 0.536. The Morgan fingerprint density at radius 2 is 1.55 bits per heavy atom. The number of ketones is 2. The standard InChI is InChI=1S/C22H14ClNO5/c23-15-7-3-4-8-16(15)24-18(25)11-29-17-10-9-14-19(22(17)28)21(27)13-6-2-1-5-12(13)20(14)26/h1-10,28H,11H2,(H,24,25). The molecule has 0 unspecified atom stereocenters. The molecule has 29 heavy (non-hydrogen) atoms. The third kappa shape index (κ3) is 3.34. The fourth-order valence-corrected chi connectivity index (χ4v) is 3.34. The molecule has 0 saturated carbocycles. The summed E-state index contributed by atoms with van der Waals surface area (Å²) >= 11 is 6.00. The van der Waals surface area contributed by atoms with Crippen LogP contribution in [0.5, 0.6) is 11.5 Å². The fourth-order valence-electron chi connectivity index (χ4n) is 3.16. The normalized spacial score (nSPS) is 12.2. The molecule has 144 valence electrons. The average molecular weight is 408 g/mol. The molecular formula is C22H14ClNO5. The summed E-state index contributed by atoms with van der Waals surface area (Å²) in [6, 6.07) is 15.9. The zero-order valence-electron chi connectivity index (χ0n) is 14.9. The highest BCUT2D eigenvalue weighted by Gasteiger charge is 2.33. The van der Waals surface area contributed by atoms with E-state index in [9.17, 15) is 19.5 Å². The first-order valence-electron chi connectivity index (χ1n) is 8.69. The highest BCUT2D eigenvalue weighted by molar-refractivity contribution is 6.33. The molecule has 0 aliphatic heterocycles. The number of halogens is 1. The number of carbonyl (C=O) groups is 3. The monoisotopic (exact) mass is 407 g/mol. The van der Waals surface area contributed by atoms with Gasteiger partial charge in [0.15, 0.2) is 29.7 Å². The van der Waals surface area contributed by atoms with Gasteiger partial charge in [-0.3, -0.25) is 14.4 Å². The van der Waals surface area contributed by atoms with E-state index in [1.54, 1.807) is 42.5 Å². The van der Waals surface area contributed by atoms with E-state index in [2.05, 4.69) is 5.32 Å². The summed E-state index contributed by atoms with van der Waals surface area (Å²) < 4.78 is 5.38. The molecule has 0 saturated heterocycles. The van der Waals surface area contributed by atoms with Gasteiger partial charge < -0.3 is 15.2 Å². The first kappa shape index (κ1) is 18.7. The lowest BCUT2D eigenvalue weighted by Gasteiger charge is -2.19. The Balaban J connectivity index is 1.56. The fraction of sp³-hybridized carbons (Fsp3) is 0.0455. The van der Waals surface area contributed by atoms with Crippen molar-refractivity contribution in [2.45, 2.75) is 0 Å². The van der Waals surface area contributed by atoms with E-state index in [0.717, 1.165) is 0 Å². The molecule has 0 radical (unpaired) electrons. The zero-order valence-corrected chi connectivity index (χ0v) is 15.7. The lowest BCUT2D eigenvalue weighted by atomic mass is 9.83. The number of ether oxygens (including phenoxy) is 1. The smallest absolute Gasteiger partial charge is 0.262 e. The maximum Gasteiger partial charge on any atom is 0.262 e. The van der Waals surface area contributed by atoms with Crippen LogP contribution in [0, 0.1) is 0 Å². The van der Waals surface area contributed by atoms with Gasteiger partial charge in [-0.2, -0.15) is 0 Å². The Hall–Kier alpha value is -3.64. The maximum absolute atomic E-state index is 12.8. The summed E-state index contributed by atoms with van der Waals surface area (Å²) in [6.07, 6.45) is 0. The molecule has 7 heteroatoms. The van der Waals surface area contributed by atoms with Gasteiger partial charge in [-0.05, 0) is 24.3 Å². The zero-order chi connectivity index (χ0) is 20.5. The molecule has 0 fully saturated rings. The molecule has 0 aromatic heterocycles. The summed E-state index contributed by atoms with van der Waals surface area (Å²) in [5.74, 6) is -1.87. The molecule has 1 aliphatic carbocycles. The number of nitrogens with one attached hydrogen (secondary N) is 1. The van der Waals surface area contributed by atoms with E-state index >= 15 is 0 Å². The van der Waals surface area contributed by atoms with Crippen LogP contribution in [0.1, 0.15) is 31.8 Å². The van der Waals surface area contributed by atoms with E-state index < -0.39 is 24.0 Å². The summed E-state index contributed by atoms with van der Waals surface area (Å²) in [7, 11) is 0. The number of benzene rings is 3. The number of rotatable bonds is 4. The molecule has 0 spiro atoms. The molecule has 3 aromatic carbocycles. The van der Waals surface area contributed by atoms with E-state index in [-0.39, 0.29) is 33.8 Å². The number of phenols is 1. The molecular weight excluding hydrogens is 394 g/mol. The highest BCUT2D eigenvalue weighted by Crippen LogP contribution is 2.38. The Kier molecular flexibility index (Phi) is 4.78. The molecule has 6 nitrogen and oxygen atoms in total. The van der Waals surface area contributed by atoms with Gasteiger partial charge in [0, 0.05) is 16.7 Å². The predicted molar refractivity (Wildman–Crippen MR) is 107 cm³/mol. The molecule has 1 amide bonds. The van der Waals surface area contributed by atoms with E-state index in [0.29, 0.717) is 10.7 Å². The second-order valence-corrected chi connectivity index (χ2v) is 6.76. The van der Waals surface area contributed by atoms with Crippen molar-refractivity contribution < 1.29 is 24.2 Å². The van der Waals surface area contributed by atoms with Gasteiger partial charge in [-0.15, -0.1) is 0 Å². The summed E-state index contributed by atoms with van der Waals surface area (Å²) in [5.41, 5.74) is 0.901. The molecule has 0 heterocycles. The van der Waals surface area contributed by atoms with Crippen LogP contribution in [-0.2, 0) is 4.79 Å². The minimum atomic E-state index is -0.497. The van der Waals surface area contributed by atoms with Crippen molar-refractivity contribution in [2.24, 2.45) is 0 Å². The first-order valence-corrected chi connectivity index (χ1v) is 9.06. The number of phenolic OH excluding ortho intramolecular Hbond substituents is 1.